The number of likely N-dealkylation sites (tertiary alicyclic amines) is 1. The third kappa shape index (κ3) is 2.40. The van der Waals surface area contributed by atoms with Gasteiger partial charge in [0, 0.05) is 19.3 Å². The first-order valence-electron chi connectivity index (χ1n) is 5.74. The number of nitrogens with zero attached hydrogens (tertiary/aromatic N) is 2. The highest BCUT2D eigenvalue weighted by Gasteiger charge is 2.38. The molecule has 1 aromatic heterocycles. The van der Waals surface area contributed by atoms with Gasteiger partial charge in [-0.3, -0.25) is 9.59 Å². The molecule has 1 aliphatic rings. The van der Waals surface area contributed by atoms with Crippen LogP contribution >= 0.6 is 0 Å². The molecule has 1 fully saturated rings. The smallest absolute Gasteiger partial charge is 0.308 e. The number of carbonyl (C=O) groups is 2. The molecule has 2 heterocycles. The molecule has 2 atom stereocenters. The number of carboxylic acid groups (broad SMARTS) is 1. The van der Waals surface area contributed by atoms with E-state index in [0.717, 1.165) is 12.3 Å². The molecule has 0 saturated carbocycles. The highest BCUT2D eigenvalue weighted by molar-refractivity contribution is 5.95. The van der Waals surface area contributed by atoms with Gasteiger partial charge in [-0.15, -0.1) is 0 Å². The molecule has 1 aliphatic heterocycles. The van der Waals surface area contributed by atoms with Gasteiger partial charge in [-0.25, -0.2) is 9.37 Å². The molecule has 1 N–H and O–H groups in total. The summed E-state index contributed by atoms with van der Waals surface area (Å²) >= 11 is 0. The summed E-state index contributed by atoms with van der Waals surface area (Å²) in [4.78, 5) is 27.3. The average molecular weight is 270 g/mol. The highest BCUT2D eigenvalue weighted by Crippen LogP contribution is 2.25. The van der Waals surface area contributed by atoms with Crippen molar-refractivity contribution in [3.8, 4) is 0 Å². The molecule has 7 heteroatoms. The zero-order valence-electron chi connectivity index (χ0n) is 10.1. The van der Waals surface area contributed by atoms with Crippen molar-refractivity contribution in [2.45, 2.75) is 6.92 Å². The minimum Gasteiger partial charge on any atom is -0.481 e. The van der Waals surface area contributed by atoms with Crippen LogP contribution in [0.25, 0.3) is 0 Å². The van der Waals surface area contributed by atoms with Crippen LogP contribution in [0, 0.1) is 23.6 Å². The van der Waals surface area contributed by atoms with Crippen LogP contribution in [0.1, 0.15) is 17.3 Å². The molecule has 0 spiro atoms. The van der Waals surface area contributed by atoms with Gasteiger partial charge in [0.1, 0.15) is 0 Å². The van der Waals surface area contributed by atoms with Crippen LogP contribution in [0.15, 0.2) is 12.3 Å². The molecular formula is C12H12F2N2O3. The Hall–Kier alpha value is -2.05. The maximum absolute atomic E-state index is 13.5. The van der Waals surface area contributed by atoms with Crippen LogP contribution in [0.5, 0.6) is 0 Å². The second-order valence-electron chi connectivity index (χ2n) is 4.60. The van der Waals surface area contributed by atoms with E-state index >= 15 is 0 Å². The van der Waals surface area contributed by atoms with Crippen molar-refractivity contribution in [2.75, 3.05) is 13.1 Å². The first-order chi connectivity index (χ1) is 8.91. The number of hydrogen-bond donors (Lipinski definition) is 1. The Bertz CT molecular complexity index is 536. The Morgan fingerprint density at radius 2 is 2.11 bits per heavy atom. The van der Waals surface area contributed by atoms with Crippen LogP contribution < -0.4 is 0 Å². The molecule has 2 unspecified atom stereocenters. The fourth-order valence-corrected chi connectivity index (χ4v) is 2.21. The zero-order chi connectivity index (χ0) is 14.2. The first kappa shape index (κ1) is 13.4. The Morgan fingerprint density at radius 1 is 1.42 bits per heavy atom. The van der Waals surface area contributed by atoms with Crippen LogP contribution in [-0.4, -0.2) is 40.0 Å². The fourth-order valence-electron chi connectivity index (χ4n) is 2.21. The minimum atomic E-state index is -1.34. The molecule has 2 rings (SSSR count). The summed E-state index contributed by atoms with van der Waals surface area (Å²) in [5.41, 5.74) is -0.425. The van der Waals surface area contributed by atoms with E-state index in [1.165, 1.54) is 4.90 Å². The van der Waals surface area contributed by atoms with Crippen molar-refractivity contribution in [1.82, 2.24) is 9.88 Å². The number of carboxylic acids is 1. The summed E-state index contributed by atoms with van der Waals surface area (Å²) in [6.45, 7) is 1.91. The molecule has 19 heavy (non-hydrogen) atoms. The van der Waals surface area contributed by atoms with Gasteiger partial charge in [0.05, 0.1) is 11.5 Å². The summed E-state index contributed by atoms with van der Waals surface area (Å²) in [5, 5.41) is 8.97. The molecular weight excluding hydrogens is 258 g/mol. The number of hydrogen-bond acceptors (Lipinski definition) is 3. The Kier molecular flexibility index (Phi) is 3.46. The van der Waals surface area contributed by atoms with Gasteiger partial charge in [0.15, 0.2) is 5.82 Å². The average Bonchev–Trinajstić information content (AvgIpc) is 2.74. The standard InChI is InChI=1S/C12H12F2N2O3/c1-6-4-16(5-8(6)12(18)19)11(17)7-2-3-15-10(14)9(7)13/h2-3,6,8H,4-5H2,1H3,(H,18,19). The zero-order valence-corrected chi connectivity index (χ0v) is 10.1. The summed E-state index contributed by atoms with van der Waals surface area (Å²) in [6, 6.07) is 1.08. The van der Waals surface area contributed by atoms with Crippen LogP contribution in [0.4, 0.5) is 8.78 Å². The van der Waals surface area contributed by atoms with Gasteiger partial charge in [0.25, 0.3) is 5.91 Å². The third-order valence-electron chi connectivity index (χ3n) is 3.29. The fraction of sp³-hybridized carbons (Fsp3) is 0.417. The second-order valence-corrected chi connectivity index (χ2v) is 4.60. The van der Waals surface area contributed by atoms with Gasteiger partial charge in [-0.2, -0.15) is 4.39 Å². The summed E-state index contributed by atoms with van der Waals surface area (Å²) < 4.78 is 26.4. The number of pyridine rings is 1. The third-order valence-corrected chi connectivity index (χ3v) is 3.29. The summed E-state index contributed by atoms with van der Waals surface area (Å²) in [6.07, 6.45) is 1.000. The van der Waals surface area contributed by atoms with Gasteiger partial charge in [-0.05, 0) is 12.0 Å². The molecule has 0 aliphatic carbocycles. The number of rotatable bonds is 2. The van der Waals surface area contributed by atoms with Gasteiger partial charge in [-0.1, -0.05) is 6.92 Å². The van der Waals surface area contributed by atoms with Crippen molar-refractivity contribution in [1.29, 1.82) is 0 Å². The Balaban J connectivity index is 2.22. The maximum atomic E-state index is 13.5. The number of carbonyl (C=O) groups excluding carboxylic acids is 1. The van der Waals surface area contributed by atoms with E-state index in [1.807, 2.05) is 0 Å². The van der Waals surface area contributed by atoms with Crippen LogP contribution in [0.2, 0.25) is 0 Å². The van der Waals surface area contributed by atoms with E-state index in [1.54, 1.807) is 6.92 Å². The van der Waals surface area contributed by atoms with Gasteiger partial charge < -0.3 is 10.0 Å². The first-order valence-corrected chi connectivity index (χ1v) is 5.74. The van der Waals surface area contributed by atoms with Crippen LogP contribution in [-0.2, 0) is 4.79 Å². The minimum absolute atomic E-state index is 0.00127. The van der Waals surface area contributed by atoms with Gasteiger partial charge >= 0.3 is 5.97 Å². The van der Waals surface area contributed by atoms with E-state index in [-0.39, 0.29) is 19.0 Å². The van der Waals surface area contributed by atoms with Crippen molar-refractivity contribution >= 4 is 11.9 Å². The SMILES string of the molecule is CC1CN(C(=O)c2ccnc(F)c2F)CC1C(=O)O. The number of aromatic nitrogens is 1. The van der Waals surface area contributed by atoms with E-state index in [4.69, 9.17) is 5.11 Å². The summed E-state index contributed by atoms with van der Waals surface area (Å²) in [5.74, 6) is -5.26. The van der Waals surface area contributed by atoms with Gasteiger partial charge in [0.2, 0.25) is 5.95 Å². The molecule has 0 radical (unpaired) electrons. The quantitative estimate of drug-likeness (QED) is 0.818. The largest absolute Gasteiger partial charge is 0.481 e. The topological polar surface area (TPSA) is 70.5 Å². The van der Waals surface area contributed by atoms with Crippen molar-refractivity contribution in [3.05, 3.63) is 29.6 Å². The second kappa shape index (κ2) is 4.91. The normalized spacial score (nSPS) is 22.6. The van der Waals surface area contributed by atoms with Crippen molar-refractivity contribution in [3.63, 3.8) is 0 Å². The van der Waals surface area contributed by atoms with E-state index in [0.29, 0.717) is 0 Å². The van der Waals surface area contributed by atoms with E-state index < -0.39 is 35.1 Å². The molecule has 0 bridgehead atoms. The molecule has 0 aromatic carbocycles. The molecule has 1 amide bonds. The van der Waals surface area contributed by atoms with Crippen LogP contribution in [0.3, 0.4) is 0 Å². The Labute approximate surface area is 107 Å². The molecule has 1 saturated heterocycles. The predicted molar refractivity (Wildman–Crippen MR) is 60.3 cm³/mol. The lowest BCUT2D eigenvalue weighted by molar-refractivity contribution is -0.142. The number of halogens is 2. The molecule has 5 nitrogen and oxygen atoms in total. The lowest BCUT2D eigenvalue weighted by Crippen LogP contribution is -2.30. The lowest BCUT2D eigenvalue weighted by Gasteiger charge is -2.16. The predicted octanol–water partition coefficient (Wildman–Crippen LogP) is 1.15. The monoisotopic (exact) mass is 270 g/mol. The van der Waals surface area contributed by atoms with E-state index in [9.17, 15) is 18.4 Å². The number of amides is 1. The van der Waals surface area contributed by atoms with E-state index in [2.05, 4.69) is 4.98 Å². The summed E-state index contributed by atoms with van der Waals surface area (Å²) in [7, 11) is 0. The molecule has 102 valence electrons. The number of aliphatic carboxylic acids is 1. The molecule has 1 aromatic rings. The van der Waals surface area contributed by atoms with Crippen molar-refractivity contribution in [2.24, 2.45) is 11.8 Å². The lowest BCUT2D eigenvalue weighted by atomic mass is 9.99. The Morgan fingerprint density at radius 3 is 2.68 bits per heavy atom. The highest BCUT2D eigenvalue weighted by atomic mass is 19.2. The van der Waals surface area contributed by atoms with Crippen molar-refractivity contribution < 1.29 is 23.5 Å². The maximum Gasteiger partial charge on any atom is 0.308 e.